The number of carbonyl (C=O) groups excluding carboxylic acids is 3. The third-order valence-corrected chi connectivity index (χ3v) is 3.43. The summed E-state index contributed by atoms with van der Waals surface area (Å²) in [5, 5.41) is 6.17. The van der Waals surface area contributed by atoms with Crippen LogP contribution in [0.25, 0.3) is 0 Å². The van der Waals surface area contributed by atoms with Gasteiger partial charge in [0.05, 0.1) is 19.6 Å². The fourth-order valence-electron chi connectivity index (χ4n) is 2.25. The summed E-state index contributed by atoms with van der Waals surface area (Å²) in [5.74, 6) is -1.25. The molecule has 0 rings (SSSR count). The number of nitrogens with two attached hydrogens (primary N) is 3. The summed E-state index contributed by atoms with van der Waals surface area (Å²) >= 11 is 0. The van der Waals surface area contributed by atoms with Crippen LogP contribution in [0.4, 0.5) is 0 Å². The highest BCUT2D eigenvalue weighted by atomic mass is 16.2. The molecule has 10 heteroatoms. The molecule has 0 aromatic heterocycles. The Labute approximate surface area is 149 Å². The first-order valence-corrected chi connectivity index (χ1v) is 8.56. The van der Waals surface area contributed by atoms with Gasteiger partial charge in [0, 0.05) is 39.3 Å². The van der Waals surface area contributed by atoms with E-state index in [1.807, 2.05) is 9.80 Å². The summed E-state index contributed by atoms with van der Waals surface area (Å²) in [6.07, 6.45) is 1.04. The molecule has 0 saturated heterocycles. The van der Waals surface area contributed by atoms with Crippen LogP contribution in [-0.2, 0) is 14.4 Å². The minimum absolute atomic E-state index is 0.0846. The van der Waals surface area contributed by atoms with Gasteiger partial charge in [-0.15, -0.1) is 0 Å². The second-order valence-electron chi connectivity index (χ2n) is 5.88. The molecule has 10 nitrogen and oxygen atoms in total. The zero-order chi connectivity index (χ0) is 19.1. The summed E-state index contributed by atoms with van der Waals surface area (Å²) in [4.78, 5) is 36.9. The van der Waals surface area contributed by atoms with Gasteiger partial charge >= 0.3 is 0 Å². The molecule has 0 aromatic rings. The average Bonchev–Trinajstić information content (AvgIpc) is 2.51. The smallest absolute Gasteiger partial charge is 0.231 e. The highest BCUT2D eigenvalue weighted by Gasteiger charge is 2.13. The van der Waals surface area contributed by atoms with E-state index in [1.165, 1.54) is 0 Å². The van der Waals surface area contributed by atoms with Crippen LogP contribution in [0.1, 0.15) is 13.3 Å². The van der Waals surface area contributed by atoms with Crippen LogP contribution in [0.15, 0.2) is 0 Å². The molecule has 0 spiro atoms. The van der Waals surface area contributed by atoms with Crippen LogP contribution in [0.5, 0.6) is 0 Å². The molecule has 0 heterocycles. The van der Waals surface area contributed by atoms with Crippen molar-refractivity contribution in [1.29, 1.82) is 0 Å². The zero-order valence-electron chi connectivity index (χ0n) is 15.1. The normalized spacial score (nSPS) is 11.2. The van der Waals surface area contributed by atoms with Crippen LogP contribution < -0.4 is 27.8 Å². The van der Waals surface area contributed by atoms with Crippen LogP contribution in [0, 0.1) is 0 Å². The highest BCUT2D eigenvalue weighted by molar-refractivity contribution is 5.76. The average molecular weight is 359 g/mol. The van der Waals surface area contributed by atoms with E-state index in [-0.39, 0.29) is 25.5 Å². The predicted molar refractivity (Wildman–Crippen MR) is 96.5 cm³/mol. The van der Waals surface area contributed by atoms with Gasteiger partial charge in [-0.05, 0) is 13.0 Å². The summed E-state index contributed by atoms with van der Waals surface area (Å²) in [6.45, 7) is 6.99. The first kappa shape index (κ1) is 23.2. The van der Waals surface area contributed by atoms with Gasteiger partial charge in [-0.3, -0.25) is 24.2 Å². The Morgan fingerprint density at radius 3 is 1.60 bits per heavy atom. The first-order chi connectivity index (χ1) is 11.8. The monoisotopic (exact) mass is 359 g/mol. The van der Waals surface area contributed by atoms with Gasteiger partial charge in [0.15, 0.2) is 0 Å². The number of amides is 3. The van der Waals surface area contributed by atoms with Crippen molar-refractivity contribution >= 4 is 17.7 Å². The molecule has 25 heavy (non-hydrogen) atoms. The number of hydrogen-bond acceptors (Lipinski definition) is 7. The minimum atomic E-state index is -0.436. The van der Waals surface area contributed by atoms with Crippen molar-refractivity contribution < 1.29 is 14.4 Å². The Morgan fingerprint density at radius 1 is 0.720 bits per heavy atom. The van der Waals surface area contributed by atoms with Crippen LogP contribution in [0.3, 0.4) is 0 Å². The first-order valence-electron chi connectivity index (χ1n) is 8.56. The third-order valence-electron chi connectivity index (χ3n) is 3.43. The SMILES string of the molecule is CCCNCCN(CCN(CCNCC(N)=O)CC(N)=O)CC(N)=O. The lowest BCUT2D eigenvalue weighted by Crippen LogP contribution is -2.46. The number of primary amides is 3. The molecule has 0 aliphatic carbocycles. The van der Waals surface area contributed by atoms with Gasteiger partial charge in [0.2, 0.25) is 17.7 Å². The Morgan fingerprint density at radius 2 is 1.20 bits per heavy atom. The van der Waals surface area contributed by atoms with Gasteiger partial charge in [-0.1, -0.05) is 6.92 Å². The van der Waals surface area contributed by atoms with E-state index < -0.39 is 11.8 Å². The molecule has 0 aromatic carbocycles. The zero-order valence-corrected chi connectivity index (χ0v) is 15.1. The fraction of sp³-hybridized carbons (Fsp3) is 0.800. The molecule has 0 unspecified atom stereocenters. The topological polar surface area (TPSA) is 160 Å². The lowest BCUT2D eigenvalue weighted by atomic mass is 10.3. The van der Waals surface area contributed by atoms with Crippen LogP contribution in [0.2, 0.25) is 0 Å². The molecule has 0 saturated carbocycles. The molecule has 146 valence electrons. The lowest BCUT2D eigenvalue weighted by Gasteiger charge is -2.26. The summed E-state index contributed by atoms with van der Waals surface area (Å²) < 4.78 is 0. The van der Waals surface area contributed by atoms with E-state index >= 15 is 0 Å². The van der Waals surface area contributed by atoms with Crippen molar-refractivity contribution in [3.05, 3.63) is 0 Å². The molecule has 3 amide bonds. The second-order valence-corrected chi connectivity index (χ2v) is 5.88. The Bertz CT molecular complexity index is 407. The number of carbonyl (C=O) groups is 3. The lowest BCUT2D eigenvalue weighted by molar-refractivity contribution is -0.120. The van der Waals surface area contributed by atoms with Crippen molar-refractivity contribution in [3.8, 4) is 0 Å². The molecule has 0 aliphatic heterocycles. The number of nitrogens with zero attached hydrogens (tertiary/aromatic N) is 2. The molecular formula is C15H33N7O3. The summed E-state index contributed by atoms with van der Waals surface area (Å²) in [6, 6.07) is 0. The Kier molecular flexibility index (Phi) is 13.6. The maximum Gasteiger partial charge on any atom is 0.231 e. The van der Waals surface area contributed by atoms with E-state index in [2.05, 4.69) is 17.6 Å². The standard InChI is InChI=1S/C15H33N7O3/c1-2-3-19-4-6-21(11-14(17)24)8-9-22(12-15(18)25)7-5-20-10-13(16)23/h19-20H,2-12H2,1H3,(H2,16,23)(H2,17,24)(H2,18,25). The van der Waals surface area contributed by atoms with Crippen molar-refractivity contribution in [2.75, 3.05) is 65.4 Å². The van der Waals surface area contributed by atoms with Crippen LogP contribution >= 0.6 is 0 Å². The van der Waals surface area contributed by atoms with Gasteiger partial charge in [0.1, 0.15) is 0 Å². The second kappa shape index (κ2) is 14.6. The molecule has 0 aliphatic rings. The summed E-state index contributed by atoms with van der Waals surface area (Å²) in [5.41, 5.74) is 15.6. The maximum absolute atomic E-state index is 11.2. The Balaban J connectivity index is 4.35. The van der Waals surface area contributed by atoms with Crippen molar-refractivity contribution in [1.82, 2.24) is 20.4 Å². The van der Waals surface area contributed by atoms with E-state index in [9.17, 15) is 14.4 Å². The van der Waals surface area contributed by atoms with Crippen molar-refractivity contribution in [2.45, 2.75) is 13.3 Å². The van der Waals surface area contributed by atoms with E-state index in [0.29, 0.717) is 32.7 Å². The third kappa shape index (κ3) is 15.5. The van der Waals surface area contributed by atoms with Crippen LogP contribution in [-0.4, -0.2) is 93.0 Å². The fourth-order valence-corrected chi connectivity index (χ4v) is 2.25. The number of hydrogen-bond donors (Lipinski definition) is 5. The van der Waals surface area contributed by atoms with Gasteiger partial charge in [-0.2, -0.15) is 0 Å². The maximum atomic E-state index is 11.2. The largest absolute Gasteiger partial charge is 0.369 e. The molecular weight excluding hydrogens is 326 g/mol. The molecule has 0 radical (unpaired) electrons. The molecule has 0 atom stereocenters. The molecule has 0 fully saturated rings. The van der Waals surface area contributed by atoms with Gasteiger partial charge < -0.3 is 27.8 Å². The van der Waals surface area contributed by atoms with E-state index in [4.69, 9.17) is 17.2 Å². The predicted octanol–water partition coefficient (Wildman–Crippen LogP) is -3.36. The van der Waals surface area contributed by atoms with E-state index in [0.717, 1.165) is 19.5 Å². The van der Waals surface area contributed by atoms with Crippen molar-refractivity contribution in [2.24, 2.45) is 17.2 Å². The summed E-state index contributed by atoms with van der Waals surface area (Å²) in [7, 11) is 0. The van der Waals surface area contributed by atoms with E-state index in [1.54, 1.807) is 0 Å². The Hall–Kier alpha value is -1.75. The quantitative estimate of drug-likeness (QED) is 0.169. The molecule has 0 bridgehead atoms. The molecule has 8 N–H and O–H groups in total. The van der Waals surface area contributed by atoms with Gasteiger partial charge in [-0.25, -0.2) is 0 Å². The minimum Gasteiger partial charge on any atom is -0.369 e. The van der Waals surface area contributed by atoms with Gasteiger partial charge in [0.25, 0.3) is 0 Å². The number of nitrogens with one attached hydrogen (secondary N) is 2. The highest BCUT2D eigenvalue weighted by Crippen LogP contribution is 1.93. The number of rotatable bonds is 17. The van der Waals surface area contributed by atoms with Crippen molar-refractivity contribution in [3.63, 3.8) is 0 Å².